The molecule has 10 heteroatoms. The van der Waals surface area contributed by atoms with Gasteiger partial charge in [-0.05, 0) is 55.3 Å². The lowest BCUT2D eigenvalue weighted by Gasteiger charge is -2.42. The second-order valence-electron chi connectivity index (χ2n) is 8.06. The third kappa shape index (κ3) is 5.37. The number of rotatable bonds is 4. The van der Waals surface area contributed by atoms with Gasteiger partial charge in [0.15, 0.2) is 0 Å². The van der Waals surface area contributed by atoms with E-state index in [1.165, 1.54) is 0 Å². The van der Waals surface area contributed by atoms with E-state index in [0.29, 0.717) is 40.6 Å². The Morgan fingerprint density at radius 2 is 1.82 bits per heavy atom. The standard InChI is InChI=1S/C23H24ClN3O6/c1-27-18-8-7-16(11-21(28)29)33-20(18)12-32-19-9-6-15(10-17(19)22(27)30)26-23(31)25-14-4-2-13(24)3-5-14/h2-6,9-10,16,18,20H,7-8,11-12H2,1H3,(H,28,29)(H2,25,26,31)/t16-,18+,20+/m0/s1. The van der Waals surface area contributed by atoms with Gasteiger partial charge in [0.05, 0.1) is 24.1 Å². The normalized spacial score (nSPS) is 22.2. The van der Waals surface area contributed by atoms with E-state index in [-0.39, 0.29) is 25.0 Å². The Kier molecular flexibility index (Phi) is 6.71. The maximum Gasteiger partial charge on any atom is 0.323 e. The van der Waals surface area contributed by atoms with Gasteiger partial charge in [-0.25, -0.2) is 4.79 Å². The Morgan fingerprint density at radius 3 is 2.55 bits per heavy atom. The van der Waals surface area contributed by atoms with E-state index in [1.54, 1.807) is 54.4 Å². The van der Waals surface area contributed by atoms with Gasteiger partial charge in [0.25, 0.3) is 5.91 Å². The fraction of sp³-hybridized carbons (Fsp3) is 0.348. The Hall–Kier alpha value is -3.30. The molecule has 3 amide bonds. The van der Waals surface area contributed by atoms with Crippen LogP contribution >= 0.6 is 11.6 Å². The topological polar surface area (TPSA) is 117 Å². The molecule has 0 aliphatic carbocycles. The smallest absolute Gasteiger partial charge is 0.323 e. The summed E-state index contributed by atoms with van der Waals surface area (Å²) >= 11 is 5.86. The number of fused-ring (bicyclic) bond motifs is 2. The lowest BCUT2D eigenvalue weighted by Crippen LogP contribution is -2.53. The van der Waals surface area contributed by atoms with Crippen molar-refractivity contribution in [3.05, 3.63) is 53.1 Å². The van der Waals surface area contributed by atoms with Crippen LogP contribution in [0.5, 0.6) is 5.75 Å². The molecule has 2 aromatic rings. The zero-order valence-corrected chi connectivity index (χ0v) is 18.7. The van der Waals surface area contributed by atoms with Crippen molar-refractivity contribution in [3.63, 3.8) is 0 Å². The van der Waals surface area contributed by atoms with Crippen LogP contribution in [-0.2, 0) is 9.53 Å². The predicted molar refractivity (Wildman–Crippen MR) is 122 cm³/mol. The van der Waals surface area contributed by atoms with Crippen LogP contribution in [-0.4, -0.2) is 59.8 Å². The summed E-state index contributed by atoms with van der Waals surface area (Å²) in [6.07, 6.45) is 0.258. The number of carbonyl (C=O) groups excluding carboxylic acids is 2. The minimum Gasteiger partial charge on any atom is -0.490 e. The van der Waals surface area contributed by atoms with Crippen LogP contribution < -0.4 is 15.4 Å². The summed E-state index contributed by atoms with van der Waals surface area (Å²) in [6, 6.07) is 10.8. The minimum atomic E-state index is -0.917. The van der Waals surface area contributed by atoms with Crippen LogP contribution in [0.1, 0.15) is 29.6 Å². The maximum atomic E-state index is 13.2. The SMILES string of the molecule is CN1C(=O)c2cc(NC(=O)Nc3ccc(Cl)cc3)ccc2OC[C@H]2O[C@H](CC(=O)O)CC[C@H]21. The molecule has 3 atom stereocenters. The molecule has 2 aromatic carbocycles. The van der Waals surface area contributed by atoms with Crippen molar-refractivity contribution in [3.8, 4) is 5.75 Å². The monoisotopic (exact) mass is 473 g/mol. The second kappa shape index (κ2) is 9.68. The van der Waals surface area contributed by atoms with Gasteiger partial charge in [0, 0.05) is 23.4 Å². The molecule has 9 nitrogen and oxygen atoms in total. The van der Waals surface area contributed by atoms with Gasteiger partial charge in [0.1, 0.15) is 18.5 Å². The number of nitrogens with zero attached hydrogens (tertiary/aromatic N) is 1. The van der Waals surface area contributed by atoms with Crippen molar-refractivity contribution in [2.24, 2.45) is 0 Å². The number of halogens is 1. The largest absolute Gasteiger partial charge is 0.490 e. The molecule has 0 aromatic heterocycles. The summed E-state index contributed by atoms with van der Waals surface area (Å²) in [6.45, 7) is 0.190. The van der Waals surface area contributed by atoms with E-state index in [2.05, 4.69) is 10.6 Å². The van der Waals surface area contributed by atoms with Gasteiger partial charge in [-0.2, -0.15) is 0 Å². The van der Waals surface area contributed by atoms with Gasteiger partial charge in [0.2, 0.25) is 0 Å². The number of aliphatic carboxylic acids is 1. The lowest BCUT2D eigenvalue weighted by molar-refractivity contribution is -0.148. The number of carbonyl (C=O) groups is 3. The third-order valence-electron chi connectivity index (χ3n) is 5.77. The first kappa shape index (κ1) is 22.9. The van der Waals surface area contributed by atoms with Crippen molar-refractivity contribution < 1.29 is 29.0 Å². The van der Waals surface area contributed by atoms with Crippen LogP contribution in [0.2, 0.25) is 5.02 Å². The van der Waals surface area contributed by atoms with Crippen molar-refractivity contribution in [1.82, 2.24) is 4.90 Å². The molecule has 4 rings (SSSR count). The first-order valence-electron chi connectivity index (χ1n) is 10.5. The first-order valence-corrected chi connectivity index (χ1v) is 10.9. The zero-order chi connectivity index (χ0) is 23.5. The summed E-state index contributed by atoms with van der Waals surface area (Å²) in [4.78, 5) is 38.2. The Morgan fingerprint density at radius 1 is 1.12 bits per heavy atom. The molecule has 3 N–H and O–H groups in total. The fourth-order valence-electron chi connectivity index (χ4n) is 4.13. The average Bonchev–Trinajstić information content (AvgIpc) is 2.78. The lowest BCUT2D eigenvalue weighted by atomic mass is 9.94. The van der Waals surface area contributed by atoms with Crippen LogP contribution in [0.25, 0.3) is 0 Å². The molecular formula is C23H24ClN3O6. The van der Waals surface area contributed by atoms with Gasteiger partial charge < -0.3 is 30.1 Å². The van der Waals surface area contributed by atoms with Crippen molar-refractivity contribution in [1.29, 1.82) is 0 Å². The summed E-state index contributed by atoms with van der Waals surface area (Å²) in [5.41, 5.74) is 1.34. The highest BCUT2D eigenvalue weighted by atomic mass is 35.5. The highest BCUT2D eigenvalue weighted by Crippen LogP contribution is 2.32. The molecule has 1 saturated heterocycles. The number of carboxylic acids is 1. The molecule has 0 saturated carbocycles. The van der Waals surface area contributed by atoms with E-state index in [0.717, 1.165) is 0 Å². The van der Waals surface area contributed by atoms with Crippen molar-refractivity contribution in [2.75, 3.05) is 24.3 Å². The highest BCUT2D eigenvalue weighted by Gasteiger charge is 2.39. The molecule has 33 heavy (non-hydrogen) atoms. The maximum absolute atomic E-state index is 13.2. The number of hydrogen-bond donors (Lipinski definition) is 3. The molecule has 0 bridgehead atoms. The molecule has 2 heterocycles. The molecule has 0 unspecified atom stereocenters. The molecule has 0 spiro atoms. The van der Waals surface area contributed by atoms with E-state index >= 15 is 0 Å². The quantitative estimate of drug-likeness (QED) is 0.621. The number of ether oxygens (including phenoxy) is 2. The number of hydrogen-bond acceptors (Lipinski definition) is 5. The van der Waals surface area contributed by atoms with Crippen molar-refractivity contribution in [2.45, 2.75) is 37.5 Å². The molecule has 2 aliphatic rings. The highest BCUT2D eigenvalue weighted by molar-refractivity contribution is 6.30. The summed E-state index contributed by atoms with van der Waals surface area (Å²) < 4.78 is 11.8. The summed E-state index contributed by atoms with van der Waals surface area (Å²) in [7, 11) is 1.70. The average molecular weight is 474 g/mol. The first-order chi connectivity index (χ1) is 15.8. The van der Waals surface area contributed by atoms with E-state index in [9.17, 15) is 14.4 Å². The summed E-state index contributed by atoms with van der Waals surface area (Å²) in [5, 5.41) is 15.0. The molecule has 0 radical (unpaired) electrons. The predicted octanol–water partition coefficient (Wildman–Crippen LogP) is 3.84. The molecule has 1 fully saturated rings. The van der Waals surface area contributed by atoms with Gasteiger partial charge in [-0.1, -0.05) is 11.6 Å². The van der Waals surface area contributed by atoms with Crippen LogP contribution in [0.15, 0.2) is 42.5 Å². The van der Waals surface area contributed by atoms with E-state index in [4.69, 9.17) is 26.2 Å². The van der Waals surface area contributed by atoms with Crippen molar-refractivity contribution >= 4 is 40.9 Å². The second-order valence-corrected chi connectivity index (χ2v) is 8.50. The third-order valence-corrected chi connectivity index (χ3v) is 6.03. The Balaban J connectivity index is 1.48. The van der Waals surface area contributed by atoms with Crippen LogP contribution in [0.3, 0.4) is 0 Å². The number of nitrogens with one attached hydrogen (secondary N) is 2. The molecule has 174 valence electrons. The molecular weight excluding hydrogens is 450 g/mol. The zero-order valence-electron chi connectivity index (χ0n) is 17.9. The van der Waals surface area contributed by atoms with E-state index < -0.39 is 24.2 Å². The molecule has 2 aliphatic heterocycles. The number of carboxylic acid groups (broad SMARTS) is 1. The summed E-state index contributed by atoms with van der Waals surface area (Å²) in [5.74, 6) is -0.806. The Bertz CT molecular complexity index is 1060. The van der Waals surface area contributed by atoms with E-state index in [1.807, 2.05) is 0 Å². The number of urea groups is 1. The van der Waals surface area contributed by atoms with Gasteiger partial charge in [-0.3, -0.25) is 9.59 Å². The number of anilines is 2. The number of likely N-dealkylation sites (N-methyl/N-ethyl adjacent to an activating group) is 1. The fourth-order valence-corrected chi connectivity index (χ4v) is 4.25. The minimum absolute atomic E-state index is 0.0788. The number of benzene rings is 2. The number of amides is 3. The van der Waals surface area contributed by atoms with Crippen LogP contribution in [0, 0.1) is 0 Å². The van der Waals surface area contributed by atoms with Gasteiger partial charge >= 0.3 is 12.0 Å². The Labute approximate surface area is 195 Å². The van der Waals surface area contributed by atoms with Gasteiger partial charge in [-0.15, -0.1) is 0 Å². The van der Waals surface area contributed by atoms with Crippen LogP contribution in [0.4, 0.5) is 16.2 Å².